The second-order valence-corrected chi connectivity index (χ2v) is 9.60. The van der Waals surface area contributed by atoms with Gasteiger partial charge in [-0.15, -0.1) is 0 Å². The molecule has 0 radical (unpaired) electrons. The van der Waals surface area contributed by atoms with Gasteiger partial charge in [-0.25, -0.2) is 17.5 Å². The maximum Gasteiger partial charge on any atom is 0.325 e. The van der Waals surface area contributed by atoms with Crippen LogP contribution in [0.15, 0.2) is 47.4 Å². The molecule has 3 amide bonds. The third-order valence-electron chi connectivity index (χ3n) is 5.25. The molecule has 1 aliphatic rings. The molecule has 0 spiro atoms. The van der Waals surface area contributed by atoms with Gasteiger partial charge < -0.3 is 14.8 Å². The molecule has 1 N–H and O–H groups in total. The van der Waals surface area contributed by atoms with Crippen molar-refractivity contribution in [2.24, 2.45) is 0 Å². The van der Waals surface area contributed by atoms with Gasteiger partial charge in [-0.2, -0.15) is 0 Å². The van der Waals surface area contributed by atoms with Gasteiger partial charge in [0.15, 0.2) is 11.5 Å². The van der Waals surface area contributed by atoms with E-state index >= 15 is 0 Å². The van der Waals surface area contributed by atoms with Gasteiger partial charge >= 0.3 is 6.03 Å². The third kappa shape index (κ3) is 3.96. The summed E-state index contributed by atoms with van der Waals surface area (Å²) in [6.45, 7) is 1.55. The molecule has 1 unspecified atom stereocenters. The number of sulfonamides is 1. The fraction of sp³-hybridized carbons (Fsp3) is 0.333. The van der Waals surface area contributed by atoms with Crippen LogP contribution in [0.2, 0.25) is 0 Å². The first-order valence-corrected chi connectivity index (χ1v) is 10.9. The molecular formula is C21H25N3O6S. The standard InChI is InChI=1S/C21H25N3O6S/c1-21(15-9-10-17(29-4)18(12-15)30-5)19(25)24(20(26)22-21)13-14-7-6-8-16(11-14)31(27,28)23(2)3/h6-12H,13H2,1-5H3,(H,22,26). The third-order valence-corrected chi connectivity index (χ3v) is 7.06. The van der Waals surface area contributed by atoms with Gasteiger partial charge in [0, 0.05) is 14.1 Å². The quantitative estimate of drug-likeness (QED) is 0.650. The van der Waals surface area contributed by atoms with E-state index in [2.05, 4.69) is 5.32 Å². The summed E-state index contributed by atoms with van der Waals surface area (Å²) in [6.07, 6.45) is 0. The Kier molecular flexibility index (Phi) is 5.97. The van der Waals surface area contributed by atoms with Gasteiger partial charge in [-0.1, -0.05) is 18.2 Å². The number of hydrogen-bond donors (Lipinski definition) is 1. The van der Waals surface area contributed by atoms with Crippen molar-refractivity contribution in [1.82, 2.24) is 14.5 Å². The highest BCUT2D eigenvalue weighted by Gasteiger charge is 2.49. The molecule has 10 heteroatoms. The molecule has 1 heterocycles. The minimum Gasteiger partial charge on any atom is -0.493 e. The number of nitrogens with one attached hydrogen (secondary N) is 1. The molecule has 1 aliphatic heterocycles. The van der Waals surface area contributed by atoms with E-state index in [9.17, 15) is 18.0 Å². The lowest BCUT2D eigenvalue weighted by molar-refractivity contribution is -0.131. The topological polar surface area (TPSA) is 105 Å². The highest BCUT2D eigenvalue weighted by molar-refractivity contribution is 7.89. The Bertz CT molecular complexity index is 1130. The summed E-state index contributed by atoms with van der Waals surface area (Å²) < 4.78 is 36.4. The Morgan fingerprint density at radius 1 is 1.03 bits per heavy atom. The highest BCUT2D eigenvalue weighted by atomic mass is 32.2. The van der Waals surface area contributed by atoms with Crippen molar-refractivity contribution in [2.45, 2.75) is 23.9 Å². The molecule has 3 rings (SSSR count). The van der Waals surface area contributed by atoms with Gasteiger partial charge in [-0.05, 0) is 42.3 Å². The summed E-state index contributed by atoms with van der Waals surface area (Å²) in [6, 6.07) is 10.6. The van der Waals surface area contributed by atoms with E-state index in [1.165, 1.54) is 40.4 Å². The average molecular weight is 448 g/mol. The Labute approximate surface area is 181 Å². The van der Waals surface area contributed by atoms with Crippen molar-refractivity contribution in [3.63, 3.8) is 0 Å². The summed E-state index contributed by atoms with van der Waals surface area (Å²) in [5.41, 5.74) is -0.248. The predicted molar refractivity (Wildman–Crippen MR) is 113 cm³/mol. The molecule has 166 valence electrons. The lowest BCUT2D eigenvalue weighted by atomic mass is 9.91. The molecule has 2 aromatic rings. The first-order valence-electron chi connectivity index (χ1n) is 9.42. The molecule has 0 aromatic heterocycles. The second kappa shape index (κ2) is 8.20. The van der Waals surface area contributed by atoms with E-state index in [-0.39, 0.29) is 11.4 Å². The molecule has 0 saturated carbocycles. The second-order valence-electron chi connectivity index (χ2n) is 7.45. The molecule has 1 saturated heterocycles. The zero-order valence-corrected chi connectivity index (χ0v) is 18.8. The Hall–Kier alpha value is -3.11. The van der Waals surface area contributed by atoms with Gasteiger partial charge in [0.1, 0.15) is 5.54 Å². The maximum absolute atomic E-state index is 13.2. The van der Waals surface area contributed by atoms with Crippen molar-refractivity contribution in [3.8, 4) is 11.5 Å². The summed E-state index contributed by atoms with van der Waals surface area (Å²) in [4.78, 5) is 27.0. The van der Waals surface area contributed by atoms with Gasteiger partial charge in [0.05, 0.1) is 25.7 Å². The van der Waals surface area contributed by atoms with Crippen LogP contribution in [0.1, 0.15) is 18.1 Å². The van der Waals surface area contributed by atoms with Crippen molar-refractivity contribution < 1.29 is 27.5 Å². The molecule has 0 aliphatic carbocycles. The van der Waals surface area contributed by atoms with Crippen molar-refractivity contribution in [2.75, 3.05) is 28.3 Å². The van der Waals surface area contributed by atoms with Crippen molar-refractivity contribution in [3.05, 3.63) is 53.6 Å². The van der Waals surface area contributed by atoms with E-state index in [0.29, 0.717) is 22.6 Å². The van der Waals surface area contributed by atoms with Crippen molar-refractivity contribution in [1.29, 1.82) is 0 Å². The van der Waals surface area contributed by atoms with Crippen LogP contribution >= 0.6 is 0 Å². The first-order chi connectivity index (χ1) is 14.5. The molecular weight excluding hydrogens is 422 g/mol. The van der Waals surface area contributed by atoms with Crippen molar-refractivity contribution >= 4 is 22.0 Å². The van der Waals surface area contributed by atoms with E-state index in [4.69, 9.17) is 9.47 Å². The zero-order valence-electron chi connectivity index (χ0n) is 18.0. The largest absolute Gasteiger partial charge is 0.493 e. The first kappa shape index (κ1) is 22.6. The number of hydrogen-bond acceptors (Lipinski definition) is 6. The summed E-state index contributed by atoms with van der Waals surface area (Å²) in [5.74, 6) is 0.483. The van der Waals surface area contributed by atoms with Gasteiger partial charge in [-0.3, -0.25) is 9.69 Å². The Morgan fingerprint density at radius 3 is 2.32 bits per heavy atom. The van der Waals surface area contributed by atoms with E-state index < -0.39 is 27.5 Å². The zero-order chi connectivity index (χ0) is 23.0. The number of carbonyl (C=O) groups is 2. The summed E-state index contributed by atoms with van der Waals surface area (Å²) in [5, 5.41) is 2.73. The van der Waals surface area contributed by atoms with Crippen LogP contribution in [0.4, 0.5) is 4.79 Å². The maximum atomic E-state index is 13.2. The number of ether oxygens (including phenoxy) is 2. The monoisotopic (exact) mass is 447 g/mol. The number of rotatable bonds is 7. The number of amides is 3. The summed E-state index contributed by atoms with van der Waals surface area (Å²) in [7, 11) is 2.23. The lowest BCUT2D eigenvalue weighted by Gasteiger charge is -2.23. The van der Waals surface area contributed by atoms with Crippen LogP contribution in [-0.4, -0.2) is 57.9 Å². The molecule has 9 nitrogen and oxygen atoms in total. The number of carbonyl (C=O) groups excluding carboxylic acids is 2. The van der Waals surface area contributed by atoms with E-state index in [1.807, 2.05) is 0 Å². The predicted octanol–water partition coefficient (Wildman–Crippen LogP) is 1.92. The van der Waals surface area contributed by atoms with Gasteiger partial charge in [0.2, 0.25) is 10.0 Å². The fourth-order valence-corrected chi connectivity index (χ4v) is 4.35. The number of urea groups is 1. The number of benzene rings is 2. The minimum absolute atomic E-state index is 0.0651. The average Bonchev–Trinajstić information content (AvgIpc) is 2.97. The smallest absolute Gasteiger partial charge is 0.325 e. The molecule has 31 heavy (non-hydrogen) atoms. The van der Waals surface area contributed by atoms with Crippen LogP contribution in [0.3, 0.4) is 0 Å². The molecule has 1 fully saturated rings. The number of methoxy groups -OCH3 is 2. The van der Waals surface area contributed by atoms with E-state index in [1.54, 1.807) is 37.3 Å². The van der Waals surface area contributed by atoms with Crippen LogP contribution in [0.5, 0.6) is 11.5 Å². The lowest BCUT2D eigenvalue weighted by Crippen LogP contribution is -2.40. The van der Waals surface area contributed by atoms with E-state index in [0.717, 1.165) is 9.21 Å². The van der Waals surface area contributed by atoms with Crippen LogP contribution in [0.25, 0.3) is 0 Å². The van der Waals surface area contributed by atoms with Gasteiger partial charge in [0.25, 0.3) is 5.91 Å². The van der Waals surface area contributed by atoms with Crippen LogP contribution < -0.4 is 14.8 Å². The SMILES string of the molecule is COc1ccc(C2(C)NC(=O)N(Cc3cccc(S(=O)(=O)N(C)C)c3)C2=O)cc1OC. The fourth-order valence-electron chi connectivity index (χ4n) is 3.38. The normalized spacial score (nSPS) is 19.0. The molecule has 1 atom stereocenters. The Balaban J connectivity index is 1.91. The van der Waals surface area contributed by atoms with Crippen LogP contribution in [0, 0.1) is 0 Å². The number of nitrogens with zero attached hydrogens (tertiary/aromatic N) is 2. The van der Waals surface area contributed by atoms with Crippen LogP contribution in [-0.2, 0) is 26.9 Å². The molecule has 2 aromatic carbocycles. The highest BCUT2D eigenvalue weighted by Crippen LogP contribution is 2.35. The molecule has 0 bridgehead atoms. The number of imide groups is 1. The minimum atomic E-state index is -3.64. The Morgan fingerprint density at radius 2 is 1.71 bits per heavy atom. The summed E-state index contributed by atoms with van der Waals surface area (Å²) >= 11 is 0.